The molecule has 2 atom stereocenters. The summed E-state index contributed by atoms with van der Waals surface area (Å²) in [6, 6.07) is 10.1. The lowest BCUT2D eigenvalue weighted by molar-refractivity contribution is -0.134. The van der Waals surface area contributed by atoms with Gasteiger partial charge in [0.05, 0.1) is 0 Å². The van der Waals surface area contributed by atoms with Crippen LogP contribution in [0.1, 0.15) is 65.9 Å². The molecule has 0 bridgehead atoms. The Morgan fingerprint density at radius 2 is 1.88 bits per heavy atom. The van der Waals surface area contributed by atoms with Gasteiger partial charge in [-0.3, -0.25) is 14.9 Å². The number of carbonyl (C=O) groups excluding carboxylic acids is 1. The number of anilines is 1. The number of hydrogen-bond acceptors (Lipinski definition) is 7. The Morgan fingerprint density at radius 3 is 2.50 bits per heavy atom. The van der Waals surface area contributed by atoms with Gasteiger partial charge in [0.15, 0.2) is 0 Å². The first-order valence-corrected chi connectivity index (χ1v) is 12.1. The number of amides is 1. The van der Waals surface area contributed by atoms with Crippen LogP contribution in [0.2, 0.25) is 0 Å². The van der Waals surface area contributed by atoms with Gasteiger partial charge >= 0.3 is 0 Å². The lowest BCUT2D eigenvalue weighted by Crippen LogP contribution is -2.44. The topological polar surface area (TPSA) is 107 Å². The van der Waals surface area contributed by atoms with E-state index in [1.165, 1.54) is 62.1 Å². The van der Waals surface area contributed by atoms with Crippen LogP contribution in [0.4, 0.5) is 5.13 Å². The third-order valence-electron chi connectivity index (χ3n) is 6.16. The maximum atomic E-state index is 12.5. The van der Waals surface area contributed by atoms with Crippen LogP contribution >= 0.6 is 11.3 Å². The second kappa shape index (κ2) is 10.1. The van der Waals surface area contributed by atoms with E-state index in [-0.39, 0.29) is 5.91 Å². The van der Waals surface area contributed by atoms with Crippen molar-refractivity contribution < 1.29 is 14.7 Å². The van der Waals surface area contributed by atoms with Crippen molar-refractivity contribution in [2.24, 2.45) is 0 Å². The molecule has 9 heteroatoms. The zero-order valence-corrected chi connectivity index (χ0v) is 19.4. The molecule has 1 aliphatic heterocycles. The maximum absolute atomic E-state index is 12.5. The molecular weight excluding hydrogens is 426 g/mol. The van der Waals surface area contributed by atoms with Crippen LogP contribution in [0.3, 0.4) is 0 Å². The highest BCUT2D eigenvalue weighted by atomic mass is 32.1. The summed E-state index contributed by atoms with van der Waals surface area (Å²) in [5.74, 6) is -0.423. The summed E-state index contributed by atoms with van der Waals surface area (Å²) >= 11 is 1.39. The number of nitrogens with one attached hydrogen (secondary N) is 2. The number of aromatic nitrogens is 2. The molecule has 1 aromatic heterocycles. The van der Waals surface area contributed by atoms with Crippen LogP contribution < -0.4 is 10.6 Å². The maximum Gasteiger partial charge on any atom is 0.300 e. The molecule has 172 valence electrons. The van der Waals surface area contributed by atoms with Crippen LogP contribution in [0.15, 0.2) is 24.3 Å². The smallest absolute Gasteiger partial charge is 0.300 e. The van der Waals surface area contributed by atoms with Gasteiger partial charge in [0, 0.05) is 36.5 Å². The molecule has 0 spiro atoms. The normalized spacial score (nSPS) is 23.2. The molecule has 2 heterocycles. The largest absolute Gasteiger partial charge is 0.481 e. The first-order valence-electron chi connectivity index (χ1n) is 11.3. The number of carbonyl (C=O) groups is 2. The number of aryl methyl sites for hydroxylation is 1. The average molecular weight is 458 g/mol. The number of rotatable bonds is 6. The van der Waals surface area contributed by atoms with Gasteiger partial charge in [0.25, 0.3) is 11.9 Å². The third-order valence-corrected chi connectivity index (χ3v) is 6.91. The highest BCUT2D eigenvalue weighted by Gasteiger charge is 2.40. The number of aliphatic carboxylic acids is 1. The van der Waals surface area contributed by atoms with Gasteiger partial charge in [0.1, 0.15) is 5.01 Å². The van der Waals surface area contributed by atoms with Crippen LogP contribution in [0.5, 0.6) is 0 Å². The van der Waals surface area contributed by atoms with Crippen molar-refractivity contribution in [3.05, 3.63) is 40.4 Å². The molecular formula is C23H31N5O3S. The van der Waals surface area contributed by atoms with Gasteiger partial charge in [-0.2, -0.15) is 0 Å². The Morgan fingerprint density at radius 1 is 1.16 bits per heavy atom. The summed E-state index contributed by atoms with van der Waals surface area (Å²) in [6.07, 6.45) is 6.52. The molecule has 2 aromatic rings. The molecule has 3 fully saturated rings. The second-order valence-corrected chi connectivity index (χ2v) is 10.1. The molecule has 0 unspecified atom stereocenters. The Balaban J connectivity index is 0.000000567. The van der Waals surface area contributed by atoms with Crippen LogP contribution in [-0.2, 0) is 4.79 Å². The van der Waals surface area contributed by atoms with Crippen LogP contribution in [0.25, 0.3) is 0 Å². The van der Waals surface area contributed by atoms with E-state index in [0.29, 0.717) is 28.7 Å². The Labute approximate surface area is 192 Å². The monoisotopic (exact) mass is 457 g/mol. The molecule has 5 rings (SSSR count). The number of likely N-dealkylation sites (tertiary alicyclic amines) is 1. The van der Waals surface area contributed by atoms with E-state index in [4.69, 9.17) is 9.90 Å². The molecule has 3 N–H and O–H groups in total. The number of piperidine rings is 1. The van der Waals surface area contributed by atoms with E-state index in [0.717, 1.165) is 18.0 Å². The zero-order valence-electron chi connectivity index (χ0n) is 18.6. The van der Waals surface area contributed by atoms with E-state index in [9.17, 15) is 4.79 Å². The summed E-state index contributed by atoms with van der Waals surface area (Å²) in [5.41, 5.74) is 1.95. The number of hydrogen-bond donors (Lipinski definition) is 3. The number of carboxylic acid groups (broad SMARTS) is 1. The van der Waals surface area contributed by atoms with Crippen molar-refractivity contribution in [3.8, 4) is 0 Å². The van der Waals surface area contributed by atoms with E-state index in [1.54, 1.807) is 0 Å². The molecule has 1 saturated heterocycles. The molecule has 2 aliphatic carbocycles. The lowest BCUT2D eigenvalue weighted by atomic mass is 10.0. The Bertz CT molecular complexity index is 949. The fraction of sp³-hybridized carbons (Fsp3) is 0.565. The first kappa shape index (κ1) is 22.8. The van der Waals surface area contributed by atoms with E-state index < -0.39 is 5.97 Å². The van der Waals surface area contributed by atoms with Crippen molar-refractivity contribution >= 4 is 28.3 Å². The second-order valence-electron chi connectivity index (χ2n) is 8.88. The quantitative estimate of drug-likeness (QED) is 0.611. The van der Waals surface area contributed by atoms with Crippen LogP contribution in [0, 0.1) is 6.92 Å². The van der Waals surface area contributed by atoms with E-state index >= 15 is 0 Å². The Hall–Kier alpha value is -2.36. The van der Waals surface area contributed by atoms with Crippen molar-refractivity contribution in [2.75, 3.05) is 18.4 Å². The van der Waals surface area contributed by atoms with Gasteiger partial charge in [0.2, 0.25) is 5.13 Å². The molecule has 0 radical (unpaired) electrons. The van der Waals surface area contributed by atoms with E-state index in [2.05, 4.69) is 31.8 Å². The fourth-order valence-corrected chi connectivity index (χ4v) is 4.94. The third kappa shape index (κ3) is 6.34. The number of carboxylic acids is 1. The highest BCUT2D eigenvalue weighted by Crippen LogP contribution is 2.42. The number of benzene rings is 1. The summed E-state index contributed by atoms with van der Waals surface area (Å²) < 4.78 is 0. The number of nitrogens with zero attached hydrogens (tertiary/aromatic N) is 3. The van der Waals surface area contributed by atoms with E-state index in [1.807, 2.05) is 25.1 Å². The molecule has 32 heavy (non-hydrogen) atoms. The van der Waals surface area contributed by atoms with Crippen LogP contribution in [-0.4, -0.2) is 63.3 Å². The van der Waals surface area contributed by atoms with Gasteiger partial charge in [-0.1, -0.05) is 23.5 Å². The predicted molar refractivity (Wildman–Crippen MR) is 124 cm³/mol. The van der Waals surface area contributed by atoms with Gasteiger partial charge in [-0.25, -0.2) is 0 Å². The summed E-state index contributed by atoms with van der Waals surface area (Å²) in [7, 11) is 0. The molecule has 2 saturated carbocycles. The average Bonchev–Trinajstić information content (AvgIpc) is 3.68. The highest BCUT2D eigenvalue weighted by molar-refractivity contribution is 7.15. The zero-order chi connectivity index (χ0) is 22.7. The van der Waals surface area contributed by atoms with Crippen molar-refractivity contribution in [2.45, 2.75) is 70.0 Å². The molecule has 1 aromatic carbocycles. The van der Waals surface area contributed by atoms with Crippen molar-refractivity contribution in [1.29, 1.82) is 0 Å². The van der Waals surface area contributed by atoms with Crippen molar-refractivity contribution in [1.82, 2.24) is 20.4 Å². The fourth-order valence-electron chi connectivity index (χ4n) is 4.35. The molecule has 8 nitrogen and oxygen atoms in total. The molecule has 3 aliphatic rings. The lowest BCUT2D eigenvalue weighted by Gasteiger charge is -2.32. The predicted octanol–water partition coefficient (Wildman–Crippen LogP) is 3.26. The summed E-state index contributed by atoms with van der Waals surface area (Å²) in [5, 5.41) is 23.4. The first-order chi connectivity index (χ1) is 15.4. The van der Waals surface area contributed by atoms with Gasteiger partial charge in [-0.15, -0.1) is 10.2 Å². The minimum Gasteiger partial charge on any atom is -0.481 e. The standard InChI is InChI=1S/C21H27N5OS.C2H4O2/c1-13-24-25-21(28-13)23-20(27)15-4-2-3-14(11-15)18-12-19(18)22-16-7-9-26(10-8-16)17-5-6-17;1-2(3)4/h2-4,11,16-19,22H,5-10,12H2,1H3,(H,23,25,27);1H3,(H,3,4)/t18-,19+;/m0./s1. The van der Waals surface area contributed by atoms with Gasteiger partial charge in [-0.05, 0) is 69.8 Å². The Kier molecular flexibility index (Phi) is 7.17. The van der Waals surface area contributed by atoms with Crippen molar-refractivity contribution in [3.63, 3.8) is 0 Å². The molecule has 1 amide bonds. The van der Waals surface area contributed by atoms with Gasteiger partial charge < -0.3 is 15.3 Å². The summed E-state index contributed by atoms with van der Waals surface area (Å²) in [6.45, 7) is 5.46. The minimum absolute atomic E-state index is 0.115. The minimum atomic E-state index is -0.833. The summed E-state index contributed by atoms with van der Waals surface area (Å²) in [4.78, 5) is 24.2. The SMILES string of the molecule is CC(=O)O.Cc1nnc(NC(=O)c2cccc([C@@H]3C[C@H]3NC3CCN(C4CC4)CC3)c2)s1.